The summed E-state index contributed by atoms with van der Waals surface area (Å²) in [6.45, 7) is 4.17. The Morgan fingerprint density at radius 1 is 1.06 bits per heavy atom. The first-order valence-corrected chi connectivity index (χ1v) is 5.40. The molecule has 0 bridgehead atoms. The molecule has 1 nitrogen and oxygen atoms in total. The number of nitrogens with zero attached hydrogens (tertiary/aromatic N) is 1. The predicted molar refractivity (Wildman–Crippen MR) is 63.7 cm³/mol. The number of hydrogen-bond acceptors (Lipinski definition) is 1. The molecule has 16 heavy (non-hydrogen) atoms. The lowest BCUT2D eigenvalue weighted by molar-refractivity contribution is 0.630. The van der Waals surface area contributed by atoms with Crippen LogP contribution in [-0.4, -0.2) is 4.98 Å². The van der Waals surface area contributed by atoms with Gasteiger partial charge >= 0.3 is 0 Å². The van der Waals surface area contributed by atoms with Crippen molar-refractivity contribution in [2.75, 3.05) is 0 Å². The maximum atomic E-state index is 13.7. The van der Waals surface area contributed by atoms with Crippen LogP contribution in [0.15, 0.2) is 42.6 Å². The zero-order valence-corrected chi connectivity index (χ0v) is 9.44. The number of halogens is 1. The predicted octanol–water partition coefficient (Wildman–Crippen LogP) is 4.01. The molecule has 82 valence electrons. The van der Waals surface area contributed by atoms with Crippen LogP contribution in [-0.2, 0) is 0 Å². The molecule has 0 aliphatic heterocycles. The van der Waals surface area contributed by atoms with Crippen LogP contribution in [0.1, 0.15) is 25.3 Å². The molecule has 0 saturated heterocycles. The van der Waals surface area contributed by atoms with Gasteiger partial charge in [-0.15, -0.1) is 0 Å². The molecule has 0 atom stereocenters. The van der Waals surface area contributed by atoms with Gasteiger partial charge in [-0.3, -0.25) is 4.98 Å². The highest BCUT2D eigenvalue weighted by molar-refractivity contribution is 5.64. The molecule has 0 aliphatic rings. The molecular formula is C14H14FN. The number of benzene rings is 1. The number of rotatable bonds is 2. The summed E-state index contributed by atoms with van der Waals surface area (Å²) in [4.78, 5) is 4.29. The Morgan fingerprint density at radius 2 is 1.81 bits per heavy atom. The van der Waals surface area contributed by atoms with Gasteiger partial charge in [0.2, 0.25) is 0 Å². The largest absolute Gasteiger partial charge is 0.256 e. The lowest BCUT2D eigenvalue weighted by atomic mass is 9.97. The van der Waals surface area contributed by atoms with Gasteiger partial charge in [0.05, 0.1) is 5.69 Å². The van der Waals surface area contributed by atoms with Crippen LogP contribution < -0.4 is 0 Å². The standard InChI is InChI=1S/C14H14FN/c1-10(2)11-7-5-9-16-14(11)12-6-3-4-8-13(12)15/h3-10H,1-2H3. The zero-order valence-electron chi connectivity index (χ0n) is 9.44. The van der Waals surface area contributed by atoms with E-state index >= 15 is 0 Å². The second-order valence-corrected chi connectivity index (χ2v) is 4.08. The van der Waals surface area contributed by atoms with Crippen molar-refractivity contribution in [2.24, 2.45) is 0 Å². The molecule has 0 fully saturated rings. The zero-order chi connectivity index (χ0) is 11.5. The maximum Gasteiger partial charge on any atom is 0.132 e. The molecular weight excluding hydrogens is 201 g/mol. The molecule has 0 aliphatic carbocycles. The fourth-order valence-corrected chi connectivity index (χ4v) is 1.76. The third kappa shape index (κ3) is 1.96. The number of hydrogen-bond donors (Lipinski definition) is 0. The van der Waals surface area contributed by atoms with E-state index in [0.29, 0.717) is 11.5 Å². The van der Waals surface area contributed by atoms with Gasteiger partial charge in [-0.05, 0) is 29.7 Å². The summed E-state index contributed by atoms with van der Waals surface area (Å²) in [5.41, 5.74) is 2.40. The third-order valence-electron chi connectivity index (χ3n) is 2.59. The normalized spacial score (nSPS) is 10.8. The molecule has 2 heteroatoms. The van der Waals surface area contributed by atoms with Crippen LogP contribution >= 0.6 is 0 Å². The van der Waals surface area contributed by atoms with Gasteiger partial charge in [0.15, 0.2) is 0 Å². The smallest absolute Gasteiger partial charge is 0.132 e. The first-order chi connectivity index (χ1) is 7.70. The van der Waals surface area contributed by atoms with Crippen molar-refractivity contribution >= 4 is 0 Å². The van der Waals surface area contributed by atoms with Crippen molar-refractivity contribution in [3.05, 3.63) is 54.0 Å². The van der Waals surface area contributed by atoms with E-state index in [4.69, 9.17) is 0 Å². The highest BCUT2D eigenvalue weighted by atomic mass is 19.1. The van der Waals surface area contributed by atoms with Crippen molar-refractivity contribution in [3.8, 4) is 11.3 Å². The average Bonchev–Trinajstić information content (AvgIpc) is 2.29. The minimum absolute atomic E-state index is 0.219. The molecule has 0 radical (unpaired) electrons. The first kappa shape index (κ1) is 10.8. The summed E-state index contributed by atoms with van der Waals surface area (Å²) in [6.07, 6.45) is 1.70. The number of aromatic nitrogens is 1. The van der Waals surface area contributed by atoms with Crippen LogP contribution in [0.5, 0.6) is 0 Å². The molecule has 0 unspecified atom stereocenters. The van der Waals surface area contributed by atoms with E-state index in [2.05, 4.69) is 18.8 Å². The van der Waals surface area contributed by atoms with E-state index in [1.165, 1.54) is 6.07 Å². The maximum absolute atomic E-state index is 13.7. The van der Waals surface area contributed by atoms with Gasteiger partial charge in [0, 0.05) is 11.8 Å². The summed E-state index contributed by atoms with van der Waals surface area (Å²) < 4.78 is 13.7. The first-order valence-electron chi connectivity index (χ1n) is 5.40. The second kappa shape index (κ2) is 4.44. The lowest BCUT2D eigenvalue weighted by Gasteiger charge is -2.11. The van der Waals surface area contributed by atoms with E-state index < -0.39 is 0 Å². The van der Waals surface area contributed by atoms with Gasteiger partial charge in [-0.1, -0.05) is 32.0 Å². The van der Waals surface area contributed by atoms with Crippen molar-refractivity contribution in [1.29, 1.82) is 0 Å². The van der Waals surface area contributed by atoms with Gasteiger partial charge in [0.1, 0.15) is 5.82 Å². The van der Waals surface area contributed by atoms with Gasteiger partial charge < -0.3 is 0 Å². The van der Waals surface area contributed by atoms with E-state index in [-0.39, 0.29) is 5.82 Å². The number of pyridine rings is 1. The lowest BCUT2D eigenvalue weighted by Crippen LogP contribution is -1.96. The average molecular weight is 215 g/mol. The van der Waals surface area contributed by atoms with Crippen LogP contribution in [0.2, 0.25) is 0 Å². The Hall–Kier alpha value is -1.70. The monoisotopic (exact) mass is 215 g/mol. The minimum atomic E-state index is -0.219. The SMILES string of the molecule is CC(C)c1cccnc1-c1ccccc1F. The van der Waals surface area contributed by atoms with Gasteiger partial charge in [-0.2, -0.15) is 0 Å². The Bertz CT molecular complexity index is 492. The molecule has 0 saturated carbocycles. The highest BCUT2D eigenvalue weighted by Gasteiger charge is 2.12. The van der Waals surface area contributed by atoms with E-state index in [9.17, 15) is 4.39 Å². The Balaban J connectivity index is 2.60. The molecule has 1 aromatic heterocycles. The minimum Gasteiger partial charge on any atom is -0.256 e. The van der Waals surface area contributed by atoms with E-state index in [1.807, 2.05) is 18.2 Å². The molecule has 2 rings (SSSR count). The molecule has 1 aromatic carbocycles. The molecule has 0 amide bonds. The van der Waals surface area contributed by atoms with Crippen molar-refractivity contribution in [1.82, 2.24) is 4.98 Å². The van der Waals surface area contributed by atoms with Crippen LogP contribution in [0.3, 0.4) is 0 Å². The van der Waals surface area contributed by atoms with E-state index in [1.54, 1.807) is 18.3 Å². The summed E-state index contributed by atoms with van der Waals surface area (Å²) in [7, 11) is 0. The summed E-state index contributed by atoms with van der Waals surface area (Å²) in [6, 6.07) is 10.6. The summed E-state index contributed by atoms with van der Waals surface area (Å²) in [5.74, 6) is 0.117. The molecule has 0 spiro atoms. The third-order valence-corrected chi connectivity index (χ3v) is 2.59. The molecule has 1 heterocycles. The highest BCUT2D eigenvalue weighted by Crippen LogP contribution is 2.28. The Morgan fingerprint density at radius 3 is 2.50 bits per heavy atom. The Labute approximate surface area is 95.0 Å². The van der Waals surface area contributed by atoms with Gasteiger partial charge in [0.25, 0.3) is 0 Å². The topological polar surface area (TPSA) is 12.9 Å². The van der Waals surface area contributed by atoms with Crippen LogP contribution in [0.25, 0.3) is 11.3 Å². The van der Waals surface area contributed by atoms with Crippen molar-refractivity contribution in [2.45, 2.75) is 19.8 Å². The summed E-state index contributed by atoms with van der Waals surface area (Å²) >= 11 is 0. The van der Waals surface area contributed by atoms with Crippen LogP contribution in [0.4, 0.5) is 4.39 Å². The fourth-order valence-electron chi connectivity index (χ4n) is 1.76. The molecule has 0 N–H and O–H groups in total. The van der Waals surface area contributed by atoms with Crippen molar-refractivity contribution < 1.29 is 4.39 Å². The second-order valence-electron chi connectivity index (χ2n) is 4.08. The quantitative estimate of drug-likeness (QED) is 0.737. The Kier molecular flexibility index (Phi) is 3.00. The molecule has 2 aromatic rings. The van der Waals surface area contributed by atoms with Crippen LogP contribution in [0, 0.1) is 5.82 Å². The summed E-state index contributed by atoms with van der Waals surface area (Å²) in [5, 5.41) is 0. The van der Waals surface area contributed by atoms with Crippen molar-refractivity contribution in [3.63, 3.8) is 0 Å². The van der Waals surface area contributed by atoms with E-state index in [0.717, 1.165) is 11.3 Å². The van der Waals surface area contributed by atoms with Gasteiger partial charge in [-0.25, -0.2) is 4.39 Å². The fraction of sp³-hybridized carbons (Fsp3) is 0.214.